The van der Waals surface area contributed by atoms with E-state index in [1.54, 1.807) is 36.7 Å². The molecule has 0 spiro atoms. The predicted molar refractivity (Wildman–Crippen MR) is 94.5 cm³/mol. The highest BCUT2D eigenvalue weighted by atomic mass is 16.5. The van der Waals surface area contributed by atoms with Gasteiger partial charge in [-0.15, -0.1) is 0 Å². The van der Waals surface area contributed by atoms with E-state index in [1.165, 1.54) is 4.90 Å². The summed E-state index contributed by atoms with van der Waals surface area (Å²) in [5, 5.41) is 37.0. The van der Waals surface area contributed by atoms with E-state index in [4.69, 9.17) is 4.74 Å². The van der Waals surface area contributed by atoms with Crippen molar-refractivity contribution in [2.45, 2.75) is 37.5 Å². The minimum atomic E-state index is -0.997. The van der Waals surface area contributed by atoms with Crippen LogP contribution in [0.5, 0.6) is 5.75 Å². The summed E-state index contributed by atoms with van der Waals surface area (Å²) in [5.41, 5.74) is -0.359. The van der Waals surface area contributed by atoms with Gasteiger partial charge in [0, 0.05) is 13.1 Å². The molecule has 1 amide bonds. The summed E-state index contributed by atoms with van der Waals surface area (Å²) in [6, 6.07) is 5.53. The molecule has 9 nitrogen and oxygen atoms in total. The summed E-state index contributed by atoms with van der Waals surface area (Å²) in [6.07, 6.45) is 1.29. The van der Waals surface area contributed by atoms with Crippen molar-refractivity contribution < 1.29 is 19.7 Å². The van der Waals surface area contributed by atoms with E-state index in [9.17, 15) is 20.3 Å². The van der Waals surface area contributed by atoms with Gasteiger partial charge in [0.2, 0.25) is 0 Å². The molecule has 3 saturated heterocycles. The molecule has 5 heterocycles. The maximum Gasteiger partial charge on any atom is 0.408 e. The van der Waals surface area contributed by atoms with Gasteiger partial charge < -0.3 is 20.3 Å². The maximum atomic E-state index is 11.8. The second-order valence-electron chi connectivity index (χ2n) is 7.80. The molecule has 2 unspecified atom stereocenters. The molecule has 2 atom stereocenters. The fourth-order valence-electron chi connectivity index (χ4n) is 4.03. The number of aromatic nitrogens is 2. The Morgan fingerprint density at radius 1 is 1.56 bits per heavy atom. The minimum absolute atomic E-state index is 0.0988. The largest absolute Gasteiger partial charge is 0.489 e. The number of carboxylic acid groups (broad SMARTS) is 1. The zero-order chi connectivity index (χ0) is 19.4. The third-order valence-electron chi connectivity index (χ3n) is 5.15. The van der Waals surface area contributed by atoms with Gasteiger partial charge in [-0.25, -0.2) is 9.31 Å². The molecule has 3 N–H and O–H groups in total. The zero-order valence-corrected chi connectivity index (χ0v) is 15.1. The third kappa shape index (κ3) is 2.69. The SMILES string of the molecule is CC(C)(O)COc1ccc2c(C#N)c(C34CNCC(C3)N4C(=O)O)nn2c1. The van der Waals surface area contributed by atoms with Crippen molar-refractivity contribution in [1.29, 1.82) is 5.26 Å². The number of nitrogens with zero attached hydrogens (tertiary/aromatic N) is 4. The van der Waals surface area contributed by atoms with Crippen molar-refractivity contribution >= 4 is 11.6 Å². The molecule has 142 valence electrons. The van der Waals surface area contributed by atoms with Gasteiger partial charge in [-0.2, -0.15) is 10.4 Å². The van der Waals surface area contributed by atoms with Gasteiger partial charge in [0.15, 0.2) is 0 Å². The monoisotopic (exact) mass is 371 g/mol. The maximum absolute atomic E-state index is 11.8. The Morgan fingerprint density at radius 3 is 2.96 bits per heavy atom. The number of hydrogen-bond donors (Lipinski definition) is 3. The molecule has 3 aliphatic rings. The van der Waals surface area contributed by atoms with Crippen LogP contribution in [0.3, 0.4) is 0 Å². The van der Waals surface area contributed by atoms with Crippen LogP contribution >= 0.6 is 0 Å². The van der Waals surface area contributed by atoms with Gasteiger partial charge in [0.25, 0.3) is 0 Å². The van der Waals surface area contributed by atoms with Crippen molar-refractivity contribution in [3.63, 3.8) is 0 Å². The number of nitriles is 1. The van der Waals surface area contributed by atoms with Crippen LogP contribution in [0.4, 0.5) is 4.79 Å². The molecule has 0 aromatic carbocycles. The Labute approximate surface area is 155 Å². The summed E-state index contributed by atoms with van der Waals surface area (Å²) in [5.74, 6) is 0.504. The van der Waals surface area contributed by atoms with Crippen molar-refractivity contribution in [3.05, 3.63) is 29.6 Å². The van der Waals surface area contributed by atoms with Gasteiger partial charge in [-0.3, -0.25) is 4.90 Å². The Balaban J connectivity index is 1.75. The number of fused-ring (bicyclic) bond motifs is 3. The van der Waals surface area contributed by atoms with E-state index < -0.39 is 17.2 Å². The molecule has 3 aliphatic heterocycles. The fraction of sp³-hybridized carbons (Fsp3) is 0.500. The molecule has 0 saturated carbocycles. The predicted octanol–water partition coefficient (Wildman–Crippen LogP) is 0.906. The van der Waals surface area contributed by atoms with E-state index in [0.29, 0.717) is 42.0 Å². The summed E-state index contributed by atoms with van der Waals surface area (Å²) < 4.78 is 7.14. The van der Waals surface area contributed by atoms with Crippen LogP contribution in [0.15, 0.2) is 18.3 Å². The van der Waals surface area contributed by atoms with Crippen LogP contribution in [0, 0.1) is 11.3 Å². The Hall–Kier alpha value is -2.83. The first kappa shape index (κ1) is 17.6. The number of piperazine rings is 1. The average Bonchev–Trinajstić information content (AvgIpc) is 2.97. The van der Waals surface area contributed by atoms with E-state index >= 15 is 0 Å². The second-order valence-corrected chi connectivity index (χ2v) is 7.80. The lowest BCUT2D eigenvalue weighted by molar-refractivity contribution is -0.0831. The lowest BCUT2D eigenvalue weighted by Gasteiger charge is -2.59. The first-order valence-electron chi connectivity index (χ1n) is 8.76. The van der Waals surface area contributed by atoms with Crippen LogP contribution in [-0.2, 0) is 5.54 Å². The first-order chi connectivity index (χ1) is 12.7. The highest BCUT2D eigenvalue weighted by Crippen LogP contribution is 2.48. The van der Waals surface area contributed by atoms with E-state index in [0.717, 1.165) is 0 Å². The fourth-order valence-corrected chi connectivity index (χ4v) is 4.03. The van der Waals surface area contributed by atoms with Gasteiger partial charge in [-0.05, 0) is 32.4 Å². The molecule has 2 aromatic rings. The van der Waals surface area contributed by atoms with Gasteiger partial charge in [0.05, 0.1) is 23.4 Å². The number of ether oxygens (including phenoxy) is 1. The van der Waals surface area contributed by atoms with Crippen LogP contribution in [-0.4, -0.2) is 62.2 Å². The molecule has 9 heteroatoms. The number of carbonyl (C=O) groups is 1. The Kier molecular flexibility index (Phi) is 3.80. The normalized spacial score (nSPS) is 24.4. The number of rotatable bonds is 4. The molecule has 27 heavy (non-hydrogen) atoms. The smallest absolute Gasteiger partial charge is 0.408 e. The van der Waals surface area contributed by atoms with Crippen LogP contribution in [0.25, 0.3) is 5.52 Å². The van der Waals surface area contributed by atoms with Crippen LogP contribution in [0.1, 0.15) is 31.5 Å². The van der Waals surface area contributed by atoms with Crippen molar-refractivity contribution in [3.8, 4) is 11.8 Å². The molecule has 5 rings (SSSR count). The Bertz CT molecular complexity index is 953. The lowest BCUT2D eigenvalue weighted by Crippen LogP contribution is -2.75. The number of hydrogen-bond acceptors (Lipinski definition) is 6. The highest BCUT2D eigenvalue weighted by molar-refractivity contribution is 5.72. The molecule has 0 radical (unpaired) electrons. The third-order valence-corrected chi connectivity index (χ3v) is 5.15. The summed E-state index contributed by atoms with van der Waals surface area (Å²) in [4.78, 5) is 13.2. The zero-order valence-electron chi connectivity index (χ0n) is 15.1. The topological polar surface area (TPSA) is 123 Å². The van der Waals surface area contributed by atoms with Gasteiger partial charge in [0.1, 0.15) is 35.2 Å². The molecule has 0 aliphatic carbocycles. The van der Waals surface area contributed by atoms with Crippen molar-refractivity contribution in [1.82, 2.24) is 19.8 Å². The van der Waals surface area contributed by atoms with Crippen molar-refractivity contribution in [2.75, 3.05) is 19.7 Å². The van der Waals surface area contributed by atoms with E-state index in [-0.39, 0.29) is 12.6 Å². The summed E-state index contributed by atoms with van der Waals surface area (Å²) >= 11 is 0. The van der Waals surface area contributed by atoms with Crippen LogP contribution in [0.2, 0.25) is 0 Å². The quantitative estimate of drug-likeness (QED) is 0.730. The van der Waals surface area contributed by atoms with Crippen LogP contribution < -0.4 is 10.1 Å². The highest BCUT2D eigenvalue weighted by Gasteiger charge is 2.60. The number of amides is 1. The van der Waals surface area contributed by atoms with E-state index in [2.05, 4.69) is 16.5 Å². The standard InChI is InChI=1S/C18H21N5O4/c1-17(2,26)10-27-12-3-4-14-13(6-19)15(21-22(14)8-12)18-5-11(7-20-9-18)23(18)16(24)25/h3-4,8,11,20,26H,5,7,9-10H2,1-2H3,(H,24,25). The van der Waals surface area contributed by atoms with Gasteiger partial charge in [-0.1, -0.05) is 0 Å². The minimum Gasteiger partial charge on any atom is -0.489 e. The summed E-state index contributed by atoms with van der Waals surface area (Å²) in [7, 11) is 0. The number of aliphatic hydroxyl groups is 1. The number of piperidine rings is 1. The summed E-state index contributed by atoms with van der Waals surface area (Å²) in [6.45, 7) is 4.44. The van der Waals surface area contributed by atoms with E-state index in [1.807, 2.05) is 0 Å². The van der Waals surface area contributed by atoms with Crippen molar-refractivity contribution in [2.24, 2.45) is 0 Å². The number of nitrogens with one attached hydrogen (secondary N) is 1. The number of pyridine rings is 1. The Morgan fingerprint density at radius 2 is 2.33 bits per heavy atom. The molecule has 2 bridgehead atoms. The van der Waals surface area contributed by atoms with Gasteiger partial charge >= 0.3 is 6.09 Å². The molecule has 3 fully saturated rings. The first-order valence-corrected chi connectivity index (χ1v) is 8.76. The lowest BCUT2D eigenvalue weighted by atomic mass is 9.72. The molecular weight excluding hydrogens is 350 g/mol. The molecular formula is C18H21N5O4. The molecule has 2 aromatic heterocycles. The second kappa shape index (κ2) is 5.84. The average molecular weight is 371 g/mol.